The zero-order valence-electron chi connectivity index (χ0n) is 13.6. The third-order valence-electron chi connectivity index (χ3n) is 3.47. The molecule has 2 aromatic rings. The molecular weight excluding hydrogens is 282 g/mol. The van der Waals surface area contributed by atoms with Crippen LogP contribution in [0, 0.1) is 13.8 Å². The molecule has 21 heavy (non-hydrogen) atoms. The van der Waals surface area contributed by atoms with Gasteiger partial charge < -0.3 is 10.2 Å². The monoisotopic (exact) mass is 307 g/mol. The third kappa shape index (κ3) is 3.83. The first kappa shape index (κ1) is 16.0. The minimum absolute atomic E-state index is 0.810. The first-order valence-electron chi connectivity index (χ1n) is 7.38. The van der Waals surface area contributed by atoms with Gasteiger partial charge in [0.1, 0.15) is 5.82 Å². The molecule has 0 aromatic carbocycles. The maximum atomic E-state index is 4.57. The van der Waals surface area contributed by atoms with Gasteiger partial charge >= 0.3 is 0 Å². The Morgan fingerprint density at radius 2 is 2.14 bits per heavy atom. The van der Waals surface area contributed by atoms with E-state index in [0.29, 0.717) is 0 Å². The van der Waals surface area contributed by atoms with Gasteiger partial charge in [-0.05, 0) is 26.8 Å². The lowest BCUT2D eigenvalue weighted by Crippen LogP contribution is -2.23. The van der Waals surface area contributed by atoms with Crippen LogP contribution in [0.25, 0.3) is 0 Å². The predicted octanol–water partition coefficient (Wildman–Crippen LogP) is 2.63. The van der Waals surface area contributed by atoms with Crippen LogP contribution in [0.3, 0.4) is 0 Å². The van der Waals surface area contributed by atoms with Crippen molar-refractivity contribution in [2.75, 3.05) is 18.5 Å². The fourth-order valence-corrected chi connectivity index (χ4v) is 3.17. The van der Waals surface area contributed by atoms with E-state index in [1.54, 1.807) is 11.3 Å². The largest absolute Gasteiger partial charge is 0.354 e. The number of rotatable bonds is 7. The van der Waals surface area contributed by atoms with Crippen LogP contribution in [0.4, 0.5) is 5.82 Å². The number of nitrogens with zero attached hydrogens (tertiary/aromatic N) is 4. The molecule has 0 fully saturated rings. The van der Waals surface area contributed by atoms with E-state index in [0.717, 1.165) is 42.5 Å². The number of aromatic nitrogens is 3. The molecule has 0 radical (unpaired) electrons. The van der Waals surface area contributed by atoms with E-state index in [9.17, 15) is 0 Å². The highest BCUT2D eigenvalue weighted by molar-refractivity contribution is 7.09. The van der Waals surface area contributed by atoms with Crippen molar-refractivity contribution in [2.24, 2.45) is 7.05 Å². The van der Waals surface area contributed by atoms with Crippen LogP contribution in [-0.4, -0.2) is 28.4 Å². The summed E-state index contributed by atoms with van der Waals surface area (Å²) in [6.45, 7) is 9.01. The molecule has 0 aliphatic rings. The summed E-state index contributed by atoms with van der Waals surface area (Å²) in [7, 11) is 4.11. The molecule has 0 unspecified atom stereocenters. The highest BCUT2D eigenvalue weighted by atomic mass is 32.1. The Labute approximate surface area is 131 Å². The van der Waals surface area contributed by atoms with Gasteiger partial charge in [0.2, 0.25) is 0 Å². The minimum atomic E-state index is 0.810. The molecule has 2 heterocycles. The van der Waals surface area contributed by atoms with Gasteiger partial charge in [-0.3, -0.25) is 4.68 Å². The molecule has 5 nitrogen and oxygen atoms in total. The Morgan fingerprint density at radius 1 is 1.38 bits per heavy atom. The van der Waals surface area contributed by atoms with E-state index < -0.39 is 0 Å². The van der Waals surface area contributed by atoms with Crippen molar-refractivity contribution in [3.8, 4) is 0 Å². The topological polar surface area (TPSA) is 46.0 Å². The van der Waals surface area contributed by atoms with E-state index in [1.807, 2.05) is 18.7 Å². The molecule has 0 bridgehead atoms. The quantitative estimate of drug-likeness (QED) is 0.799. The Hall–Kier alpha value is -1.40. The van der Waals surface area contributed by atoms with Crippen molar-refractivity contribution in [2.45, 2.75) is 40.3 Å². The summed E-state index contributed by atoms with van der Waals surface area (Å²) in [5.74, 6) is 1.17. The highest BCUT2D eigenvalue weighted by Crippen LogP contribution is 2.24. The van der Waals surface area contributed by atoms with Crippen molar-refractivity contribution < 1.29 is 0 Å². The lowest BCUT2D eigenvalue weighted by molar-refractivity contribution is 0.669. The first-order valence-corrected chi connectivity index (χ1v) is 8.26. The lowest BCUT2D eigenvalue weighted by atomic mass is 10.2. The number of hydrogen-bond acceptors (Lipinski definition) is 5. The summed E-state index contributed by atoms with van der Waals surface area (Å²) in [6, 6.07) is 0. The molecule has 0 aliphatic heterocycles. The summed E-state index contributed by atoms with van der Waals surface area (Å²) in [6.07, 6.45) is 1.14. The van der Waals surface area contributed by atoms with Crippen molar-refractivity contribution in [3.05, 3.63) is 27.3 Å². The first-order chi connectivity index (χ1) is 10.0. The van der Waals surface area contributed by atoms with E-state index >= 15 is 0 Å². The summed E-state index contributed by atoms with van der Waals surface area (Å²) >= 11 is 1.70. The molecule has 0 saturated carbocycles. The fourth-order valence-electron chi connectivity index (χ4n) is 2.56. The van der Waals surface area contributed by atoms with Gasteiger partial charge in [0.05, 0.1) is 22.9 Å². The van der Waals surface area contributed by atoms with Crippen LogP contribution in [0.5, 0.6) is 0 Å². The van der Waals surface area contributed by atoms with Crippen LogP contribution in [0.2, 0.25) is 0 Å². The maximum absolute atomic E-state index is 4.57. The Bertz CT molecular complexity index is 587. The van der Waals surface area contributed by atoms with E-state index in [-0.39, 0.29) is 0 Å². The number of aryl methyl sites for hydroxylation is 3. The normalized spacial score (nSPS) is 11.1. The zero-order valence-corrected chi connectivity index (χ0v) is 14.4. The number of thiazole rings is 1. The van der Waals surface area contributed by atoms with Gasteiger partial charge in [-0.15, -0.1) is 11.3 Å². The van der Waals surface area contributed by atoms with E-state index in [2.05, 4.69) is 46.6 Å². The average Bonchev–Trinajstić information content (AvgIpc) is 2.94. The van der Waals surface area contributed by atoms with Gasteiger partial charge in [0.25, 0.3) is 0 Å². The SMILES string of the molecule is CCCNCc1c(C)nn(C)c1N(C)Cc1csc(C)n1. The predicted molar refractivity (Wildman–Crippen MR) is 88.9 cm³/mol. The Kier molecular flexibility index (Phi) is 5.36. The van der Waals surface area contributed by atoms with Crippen LogP contribution in [0.1, 0.15) is 35.3 Å². The number of nitrogens with one attached hydrogen (secondary N) is 1. The molecule has 0 saturated heterocycles. The molecule has 2 aromatic heterocycles. The zero-order chi connectivity index (χ0) is 15.4. The standard InChI is InChI=1S/C15H25N5S/c1-6-7-16-8-14-11(2)18-20(5)15(14)19(4)9-13-10-21-12(3)17-13/h10,16H,6-9H2,1-5H3. The van der Waals surface area contributed by atoms with E-state index in [4.69, 9.17) is 0 Å². The van der Waals surface area contributed by atoms with E-state index in [1.165, 1.54) is 11.4 Å². The van der Waals surface area contributed by atoms with Crippen molar-refractivity contribution in [1.82, 2.24) is 20.1 Å². The Morgan fingerprint density at radius 3 is 2.76 bits per heavy atom. The van der Waals surface area contributed by atoms with Gasteiger partial charge in [-0.2, -0.15) is 5.10 Å². The lowest BCUT2D eigenvalue weighted by Gasteiger charge is -2.20. The molecule has 0 amide bonds. The summed E-state index contributed by atoms with van der Waals surface area (Å²) in [4.78, 5) is 6.78. The second-order valence-corrected chi connectivity index (χ2v) is 6.46. The molecule has 0 aliphatic carbocycles. The van der Waals surface area contributed by atoms with Crippen LogP contribution in [-0.2, 0) is 20.1 Å². The highest BCUT2D eigenvalue weighted by Gasteiger charge is 2.17. The fraction of sp³-hybridized carbons (Fsp3) is 0.600. The third-order valence-corrected chi connectivity index (χ3v) is 4.29. The minimum Gasteiger partial charge on any atom is -0.354 e. The summed E-state index contributed by atoms with van der Waals surface area (Å²) in [5, 5.41) is 11.3. The second-order valence-electron chi connectivity index (χ2n) is 5.40. The maximum Gasteiger partial charge on any atom is 0.131 e. The second kappa shape index (κ2) is 7.04. The Balaban J connectivity index is 2.16. The number of anilines is 1. The molecular formula is C15H25N5S. The number of hydrogen-bond donors (Lipinski definition) is 1. The van der Waals surface area contributed by atoms with Gasteiger partial charge in [-0.25, -0.2) is 4.98 Å². The average molecular weight is 307 g/mol. The van der Waals surface area contributed by atoms with Crippen molar-refractivity contribution in [3.63, 3.8) is 0 Å². The molecule has 0 spiro atoms. The van der Waals surface area contributed by atoms with Crippen molar-refractivity contribution in [1.29, 1.82) is 0 Å². The van der Waals surface area contributed by atoms with Crippen LogP contribution >= 0.6 is 11.3 Å². The summed E-state index contributed by atoms with van der Waals surface area (Å²) in [5.41, 5.74) is 3.49. The van der Waals surface area contributed by atoms with Crippen LogP contribution < -0.4 is 10.2 Å². The summed E-state index contributed by atoms with van der Waals surface area (Å²) < 4.78 is 1.97. The van der Waals surface area contributed by atoms with Crippen LogP contribution in [0.15, 0.2) is 5.38 Å². The molecule has 116 valence electrons. The smallest absolute Gasteiger partial charge is 0.131 e. The van der Waals surface area contributed by atoms with Gasteiger partial charge in [0.15, 0.2) is 0 Å². The molecule has 0 atom stereocenters. The molecule has 2 rings (SSSR count). The van der Waals surface area contributed by atoms with Gasteiger partial charge in [0, 0.05) is 31.6 Å². The molecule has 1 N–H and O–H groups in total. The molecule has 6 heteroatoms. The van der Waals surface area contributed by atoms with Gasteiger partial charge in [-0.1, -0.05) is 6.92 Å². The van der Waals surface area contributed by atoms with Crippen molar-refractivity contribution >= 4 is 17.2 Å².